The highest BCUT2D eigenvalue weighted by Crippen LogP contribution is 2.36. The zero-order valence-electron chi connectivity index (χ0n) is 9.64. The van der Waals surface area contributed by atoms with Crippen LogP contribution in [-0.4, -0.2) is 18.2 Å². The summed E-state index contributed by atoms with van der Waals surface area (Å²) < 4.78 is 11.1. The fourth-order valence-corrected chi connectivity index (χ4v) is 2.09. The minimum atomic E-state index is -0.0961. The van der Waals surface area contributed by atoms with Crippen molar-refractivity contribution in [2.75, 3.05) is 13.2 Å². The Morgan fingerprint density at radius 1 is 1.24 bits per heavy atom. The number of aromatic nitrogens is 1. The summed E-state index contributed by atoms with van der Waals surface area (Å²) >= 11 is 0. The molecule has 0 radical (unpaired) electrons. The van der Waals surface area contributed by atoms with Crippen LogP contribution < -0.4 is 15.2 Å². The summed E-state index contributed by atoms with van der Waals surface area (Å²) in [6.07, 6.45) is 1.77. The van der Waals surface area contributed by atoms with Crippen LogP contribution in [0.4, 0.5) is 0 Å². The molecular weight excluding hydrogens is 216 g/mol. The first kappa shape index (κ1) is 10.4. The number of hydrogen-bond acceptors (Lipinski definition) is 4. The lowest BCUT2D eigenvalue weighted by atomic mass is 10.1. The maximum Gasteiger partial charge on any atom is 0.162 e. The molecule has 1 atom stereocenters. The van der Waals surface area contributed by atoms with Crippen LogP contribution in [0.2, 0.25) is 0 Å². The SMILES string of the molecule is CC(N)c1nccc2cc3c(cc12)OCCO3. The summed E-state index contributed by atoms with van der Waals surface area (Å²) in [6.45, 7) is 3.12. The van der Waals surface area contributed by atoms with Gasteiger partial charge in [-0.05, 0) is 30.5 Å². The van der Waals surface area contributed by atoms with E-state index in [1.807, 2.05) is 25.1 Å². The number of benzene rings is 1. The van der Waals surface area contributed by atoms with Gasteiger partial charge in [-0.2, -0.15) is 0 Å². The maximum absolute atomic E-state index is 5.92. The van der Waals surface area contributed by atoms with Gasteiger partial charge in [0.2, 0.25) is 0 Å². The summed E-state index contributed by atoms with van der Waals surface area (Å²) in [5, 5.41) is 2.11. The average Bonchev–Trinajstić information content (AvgIpc) is 2.35. The van der Waals surface area contributed by atoms with E-state index in [-0.39, 0.29) is 6.04 Å². The van der Waals surface area contributed by atoms with Gasteiger partial charge < -0.3 is 15.2 Å². The number of pyridine rings is 1. The van der Waals surface area contributed by atoms with Crippen molar-refractivity contribution in [1.82, 2.24) is 4.98 Å². The van der Waals surface area contributed by atoms with Gasteiger partial charge in [-0.15, -0.1) is 0 Å². The molecule has 3 rings (SSSR count). The van der Waals surface area contributed by atoms with E-state index in [4.69, 9.17) is 15.2 Å². The molecule has 0 fully saturated rings. The zero-order valence-corrected chi connectivity index (χ0v) is 9.64. The minimum Gasteiger partial charge on any atom is -0.486 e. The van der Waals surface area contributed by atoms with E-state index < -0.39 is 0 Å². The molecule has 0 bridgehead atoms. The largest absolute Gasteiger partial charge is 0.486 e. The molecule has 0 aliphatic carbocycles. The van der Waals surface area contributed by atoms with E-state index in [1.54, 1.807) is 6.20 Å². The van der Waals surface area contributed by atoms with Crippen LogP contribution in [0.15, 0.2) is 24.4 Å². The number of rotatable bonds is 1. The third-order valence-corrected chi connectivity index (χ3v) is 2.89. The van der Waals surface area contributed by atoms with Gasteiger partial charge in [0.05, 0.1) is 5.69 Å². The third kappa shape index (κ3) is 1.70. The van der Waals surface area contributed by atoms with Gasteiger partial charge >= 0.3 is 0 Å². The molecule has 1 aromatic carbocycles. The Morgan fingerprint density at radius 3 is 2.65 bits per heavy atom. The molecule has 1 unspecified atom stereocenters. The number of fused-ring (bicyclic) bond motifs is 2. The summed E-state index contributed by atoms with van der Waals surface area (Å²) in [7, 11) is 0. The van der Waals surface area contributed by atoms with Crippen molar-refractivity contribution in [2.24, 2.45) is 5.73 Å². The third-order valence-electron chi connectivity index (χ3n) is 2.89. The summed E-state index contributed by atoms with van der Waals surface area (Å²) in [5.41, 5.74) is 6.81. The smallest absolute Gasteiger partial charge is 0.162 e. The Morgan fingerprint density at radius 2 is 1.94 bits per heavy atom. The molecule has 0 spiro atoms. The molecule has 0 saturated carbocycles. The van der Waals surface area contributed by atoms with Crippen LogP contribution in [0.1, 0.15) is 18.7 Å². The lowest BCUT2D eigenvalue weighted by Gasteiger charge is -2.19. The quantitative estimate of drug-likeness (QED) is 0.814. The van der Waals surface area contributed by atoms with Gasteiger partial charge in [0.25, 0.3) is 0 Å². The average molecular weight is 230 g/mol. The second-order valence-electron chi connectivity index (χ2n) is 4.20. The van der Waals surface area contributed by atoms with Crippen molar-refractivity contribution < 1.29 is 9.47 Å². The molecule has 2 N–H and O–H groups in total. The van der Waals surface area contributed by atoms with Gasteiger partial charge in [0.15, 0.2) is 11.5 Å². The van der Waals surface area contributed by atoms with Crippen molar-refractivity contribution in [2.45, 2.75) is 13.0 Å². The predicted octanol–water partition coefficient (Wildman–Crippen LogP) is 2.03. The van der Waals surface area contributed by atoms with Crippen molar-refractivity contribution in [3.05, 3.63) is 30.1 Å². The van der Waals surface area contributed by atoms with Crippen LogP contribution in [-0.2, 0) is 0 Å². The first-order valence-corrected chi connectivity index (χ1v) is 5.69. The Hall–Kier alpha value is -1.81. The van der Waals surface area contributed by atoms with Gasteiger partial charge in [-0.3, -0.25) is 4.98 Å². The molecule has 0 amide bonds. The molecule has 4 nitrogen and oxygen atoms in total. The first-order chi connectivity index (χ1) is 8.25. The standard InChI is InChI=1S/C13H14N2O2/c1-8(14)13-10-7-12-11(16-4-5-17-12)6-9(10)2-3-15-13/h2-3,6-8H,4-5,14H2,1H3. The van der Waals surface area contributed by atoms with Gasteiger partial charge in [-0.1, -0.05) is 0 Å². The molecule has 1 aliphatic heterocycles. The first-order valence-electron chi connectivity index (χ1n) is 5.69. The van der Waals surface area contributed by atoms with Crippen LogP contribution in [0.5, 0.6) is 11.5 Å². The molecule has 4 heteroatoms. The molecule has 17 heavy (non-hydrogen) atoms. The lowest BCUT2D eigenvalue weighted by Crippen LogP contribution is -2.15. The highest BCUT2D eigenvalue weighted by atomic mass is 16.6. The van der Waals surface area contributed by atoms with Gasteiger partial charge in [-0.25, -0.2) is 0 Å². The predicted molar refractivity (Wildman–Crippen MR) is 65.3 cm³/mol. The van der Waals surface area contributed by atoms with Crippen LogP contribution in [0.25, 0.3) is 10.8 Å². The Labute approximate surface area is 99.4 Å². The fraction of sp³-hybridized carbons (Fsp3) is 0.308. The minimum absolute atomic E-state index is 0.0961. The van der Waals surface area contributed by atoms with E-state index in [2.05, 4.69) is 4.98 Å². The molecule has 0 saturated heterocycles. The normalized spacial score (nSPS) is 15.9. The van der Waals surface area contributed by atoms with Gasteiger partial charge in [0, 0.05) is 17.6 Å². The van der Waals surface area contributed by atoms with E-state index >= 15 is 0 Å². The van der Waals surface area contributed by atoms with E-state index in [1.165, 1.54) is 0 Å². The molecule has 2 heterocycles. The maximum atomic E-state index is 5.92. The van der Waals surface area contributed by atoms with E-state index in [9.17, 15) is 0 Å². The Bertz CT molecular complexity index is 567. The lowest BCUT2D eigenvalue weighted by molar-refractivity contribution is 0.172. The van der Waals surface area contributed by atoms with Crippen molar-refractivity contribution in [3.63, 3.8) is 0 Å². The summed E-state index contributed by atoms with van der Waals surface area (Å²) in [5.74, 6) is 1.57. The number of ether oxygens (including phenoxy) is 2. The van der Waals surface area contributed by atoms with Crippen LogP contribution in [0, 0.1) is 0 Å². The number of nitrogens with zero attached hydrogens (tertiary/aromatic N) is 1. The monoisotopic (exact) mass is 230 g/mol. The van der Waals surface area contributed by atoms with E-state index in [0.717, 1.165) is 28.0 Å². The second-order valence-corrected chi connectivity index (χ2v) is 4.20. The molecule has 88 valence electrons. The second kappa shape index (κ2) is 3.89. The summed E-state index contributed by atoms with van der Waals surface area (Å²) in [4.78, 5) is 4.33. The fourth-order valence-electron chi connectivity index (χ4n) is 2.09. The van der Waals surface area contributed by atoms with E-state index in [0.29, 0.717) is 13.2 Å². The molecule has 1 aromatic heterocycles. The Kier molecular flexibility index (Phi) is 2.37. The topological polar surface area (TPSA) is 57.4 Å². The Balaban J connectivity index is 2.26. The molecule has 2 aromatic rings. The number of hydrogen-bond donors (Lipinski definition) is 1. The van der Waals surface area contributed by atoms with Crippen LogP contribution >= 0.6 is 0 Å². The highest BCUT2D eigenvalue weighted by Gasteiger charge is 2.15. The van der Waals surface area contributed by atoms with Crippen molar-refractivity contribution in [1.29, 1.82) is 0 Å². The highest BCUT2D eigenvalue weighted by molar-refractivity contribution is 5.88. The van der Waals surface area contributed by atoms with Gasteiger partial charge in [0.1, 0.15) is 13.2 Å². The zero-order chi connectivity index (χ0) is 11.8. The van der Waals surface area contributed by atoms with Crippen molar-refractivity contribution in [3.8, 4) is 11.5 Å². The molecular formula is C13H14N2O2. The van der Waals surface area contributed by atoms with Crippen LogP contribution in [0.3, 0.4) is 0 Å². The number of nitrogens with two attached hydrogens (primary N) is 1. The summed E-state index contributed by atoms with van der Waals surface area (Å²) in [6, 6.07) is 5.81. The molecule has 1 aliphatic rings. The van der Waals surface area contributed by atoms with Crippen molar-refractivity contribution >= 4 is 10.8 Å².